The van der Waals surface area contributed by atoms with E-state index in [-0.39, 0.29) is 24.0 Å². The number of rotatable bonds is 6. The largest absolute Gasteiger partial charge is 0.356 e. The monoisotopic (exact) mass is 453 g/mol. The summed E-state index contributed by atoms with van der Waals surface area (Å²) in [6, 6.07) is 8.93. The van der Waals surface area contributed by atoms with Crippen LogP contribution in [0.4, 0.5) is 0 Å². The van der Waals surface area contributed by atoms with E-state index in [1.807, 2.05) is 7.05 Å². The van der Waals surface area contributed by atoms with Gasteiger partial charge in [0.15, 0.2) is 5.96 Å². The summed E-state index contributed by atoms with van der Waals surface area (Å²) in [4.78, 5) is 4.22. The molecule has 0 saturated carbocycles. The molecule has 1 atom stereocenters. The summed E-state index contributed by atoms with van der Waals surface area (Å²) in [7, 11) is 1.81. The number of aryl methyl sites for hydroxylation is 1. The molecule has 5 heteroatoms. The standard InChI is InChI=1S/C15H24BrN3.HI/c1-4-12(2)19-15(17-3)18-10-6-8-13-7-5-9-14(16)11-13;/h5,7,9,11-12H,4,6,8,10H2,1-3H3,(H2,17,18,19);1H. The van der Waals surface area contributed by atoms with Crippen LogP contribution in [0.1, 0.15) is 32.3 Å². The molecule has 114 valence electrons. The van der Waals surface area contributed by atoms with Gasteiger partial charge in [0.05, 0.1) is 0 Å². The highest BCUT2D eigenvalue weighted by molar-refractivity contribution is 14.0. The first-order valence-electron chi connectivity index (χ1n) is 6.87. The lowest BCUT2D eigenvalue weighted by Crippen LogP contribution is -2.42. The number of hydrogen-bond acceptors (Lipinski definition) is 1. The van der Waals surface area contributed by atoms with E-state index in [0.29, 0.717) is 6.04 Å². The van der Waals surface area contributed by atoms with Crippen molar-refractivity contribution >= 4 is 45.9 Å². The van der Waals surface area contributed by atoms with Crippen LogP contribution in [-0.2, 0) is 6.42 Å². The molecule has 0 aliphatic rings. The highest BCUT2D eigenvalue weighted by atomic mass is 127. The zero-order valence-corrected chi connectivity index (χ0v) is 16.4. The molecule has 3 nitrogen and oxygen atoms in total. The molecule has 1 aromatic rings. The van der Waals surface area contributed by atoms with Gasteiger partial charge in [-0.25, -0.2) is 0 Å². The van der Waals surface area contributed by atoms with Crippen molar-refractivity contribution in [2.24, 2.45) is 4.99 Å². The van der Waals surface area contributed by atoms with Crippen molar-refractivity contribution in [1.29, 1.82) is 0 Å². The molecule has 0 aromatic heterocycles. The number of nitrogens with one attached hydrogen (secondary N) is 2. The van der Waals surface area contributed by atoms with Crippen LogP contribution >= 0.6 is 39.9 Å². The van der Waals surface area contributed by atoms with Gasteiger partial charge in [-0.1, -0.05) is 35.0 Å². The Bertz CT molecular complexity index is 410. The summed E-state index contributed by atoms with van der Waals surface area (Å²) in [6.07, 6.45) is 3.27. The van der Waals surface area contributed by atoms with E-state index in [1.54, 1.807) is 0 Å². The molecule has 20 heavy (non-hydrogen) atoms. The van der Waals surface area contributed by atoms with Gasteiger partial charge >= 0.3 is 0 Å². The summed E-state index contributed by atoms with van der Waals surface area (Å²) in [6.45, 7) is 5.26. The second-order valence-corrected chi connectivity index (χ2v) is 5.60. The molecule has 0 spiro atoms. The molecule has 2 N–H and O–H groups in total. The van der Waals surface area contributed by atoms with Crippen molar-refractivity contribution in [3.63, 3.8) is 0 Å². The number of hydrogen-bond donors (Lipinski definition) is 2. The SMILES string of the molecule is CCC(C)NC(=NC)NCCCc1cccc(Br)c1.I. The van der Waals surface area contributed by atoms with E-state index >= 15 is 0 Å². The van der Waals surface area contributed by atoms with Crippen LogP contribution in [0.25, 0.3) is 0 Å². The Kier molecular flexibility index (Phi) is 11.2. The van der Waals surface area contributed by atoms with Crippen LogP contribution in [0.15, 0.2) is 33.7 Å². The Morgan fingerprint density at radius 3 is 2.75 bits per heavy atom. The Balaban J connectivity index is 0.00000361. The highest BCUT2D eigenvalue weighted by Gasteiger charge is 2.02. The fourth-order valence-electron chi connectivity index (χ4n) is 1.72. The predicted molar refractivity (Wildman–Crippen MR) is 102 cm³/mol. The molecule has 0 radical (unpaired) electrons. The van der Waals surface area contributed by atoms with Crippen LogP contribution in [0.3, 0.4) is 0 Å². The quantitative estimate of drug-likeness (QED) is 0.296. The van der Waals surface area contributed by atoms with E-state index < -0.39 is 0 Å². The topological polar surface area (TPSA) is 36.4 Å². The Morgan fingerprint density at radius 2 is 2.15 bits per heavy atom. The number of benzene rings is 1. The molecule has 1 unspecified atom stereocenters. The van der Waals surface area contributed by atoms with Crippen LogP contribution < -0.4 is 10.6 Å². The first-order chi connectivity index (χ1) is 9.15. The minimum atomic E-state index is 0. The van der Waals surface area contributed by atoms with E-state index in [9.17, 15) is 0 Å². The van der Waals surface area contributed by atoms with E-state index in [4.69, 9.17) is 0 Å². The zero-order valence-electron chi connectivity index (χ0n) is 12.4. The molecule has 0 heterocycles. The predicted octanol–water partition coefficient (Wildman–Crippen LogP) is 3.96. The summed E-state index contributed by atoms with van der Waals surface area (Å²) < 4.78 is 1.15. The number of aliphatic imine (C=N–C) groups is 1. The molecular formula is C15H25BrIN3. The van der Waals surface area contributed by atoms with Crippen molar-refractivity contribution < 1.29 is 0 Å². The van der Waals surface area contributed by atoms with Crippen molar-refractivity contribution in [3.05, 3.63) is 34.3 Å². The number of nitrogens with zero attached hydrogens (tertiary/aromatic N) is 1. The average molecular weight is 454 g/mol. The summed E-state index contributed by atoms with van der Waals surface area (Å²) in [5, 5.41) is 6.70. The molecule has 0 aliphatic heterocycles. The fraction of sp³-hybridized carbons (Fsp3) is 0.533. The average Bonchev–Trinajstić information content (AvgIpc) is 2.42. The smallest absolute Gasteiger partial charge is 0.191 e. The van der Waals surface area contributed by atoms with Gasteiger partial charge in [0.25, 0.3) is 0 Å². The molecule has 0 fully saturated rings. The van der Waals surface area contributed by atoms with Crippen molar-refractivity contribution in [3.8, 4) is 0 Å². The molecule has 0 bridgehead atoms. The summed E-state index contributed by atoms with van der Waals surface area (Å²) >= 11 is 3.50. The normalized spacial score (nSPS) is 12.5. The third-order valence-electron chi connectivity index (χ3n) is 3.04. The van der Waals surface area contributed by atoms with Gasteiger partial charge in [0, 0.05) is 24.1 Å². The van der Waals surface area contributed by atoms with Crippen LogP contribution in [0, 0.1) is 0 Å². The lowest BCUT2D eigenvalue weighted by atomic mass is 10.1. The first kappa shape index (κ1) is 19.7. The Labute approximate surface area is 148 Å². The van der Waals surface area contributed by atoms with Gasteiger partial charge < -0.3 is 10.6 Å². The number of guanidine groups is 1. The van der Waals surface area contributed by atoms with Gasteiger partial charge in [-0.2, -0.15) is 0 Å². The minimum Gasteiger partial charge on any atom is -0.356 e. The molecule has 0 amide bonds. The van der Waals surface area contributed by atoms with Gasteiger partial charge in [-0.3, -0.25) is 4.99 Å². The van der Waals surface area contributed by atoms with Crippen LogP contribution in [0.5, 0.6) is 0 Å². The second kappa shape index (κ2) is 11.4. The minimum absolute atomic E-state index is 0. The lowest BCUT2D eigenvalue weighted by molar-refractivity contribution is 0.620. The van der Waals surface area contributed by atoms with Gasteiger partial charge in [0.1, 0.15) is 0 Å². The van der Waals surface area contributed by atoms with Crippen LogP contribution in [-0.4, -0.2) is 25.6 Å². The maximum atomic E-state index is 4.22. The summed E-state index contributed by atoms with van der Waals surface area (Å²) in [5.74, 6) is 0.892. The molecule has 1 aromatic carbocycles. The molecular weight excluding hydrogens is 429 g/mol. The Hall–Kier alpha value is -0.300. The maximum absolute atomic E-state index is 4.22. The third-order valence-corrected chi connectivity index (χ3v) is 3.54. The lowest BCUT2D eigenvalue weighted by Gasteiger charge is -2.16. The summed E-state index contributed by atoms with van der Waals surface area (Å²) in [5.41, 5.74) is 1.36. The van der Waals surface area contributed by atoms with Gasteiger partial charge in [0.2, 0.25) is 0 Å². The highest BCUT2D eigenvalue weighted by Crippen LogP contribution is 2.12. The Morgan fingerprint density at radius 1 is 1.40 bits per heavy atom. The van der Waals surface area contributed by atoms with Gasteiger partial charge in [-0.15, -0.1) is 24.0 Å². The van der Waals surface area contributed by atoms with Crippen molar-refractivity contribution in [2.75, 3.05) is 13.6 Å². The van der Waals surface area contributed by atoms with Gasteiger partial charge in [-0.05, 0) is 43.9 Å². The zero-order chi connectivity index (χ0) is 14.1. The molecule has 0 aliphatic carbocycles. The van der Waals surface area contributed by atoms with E-state index in [2.05, 4.69) is 69.7 Å². The molecule has 1 rings (SSSR count). The second-order valence-electron chi connectivity index (χ2n) is 4.69. The van der Waals surface area contributed by atoms with E-state index in [1.165, 1.54) is 5.56 Å². The first-order valence-corrected chi connectivity index (χ1v) is 7.66. The van der Waals surface area contributed by atoms with Crippen LogP contribution in [0.2, 0.25) is 0 Å². The van der Waals surface area contributed by atoms with Crippen molar-refractivity contribution in [2.45, 2.75) is 39.2 Å². The van der Waals surface area contributed by atoms with Crippen molar-refractivity contribution in [1.82, 2.24) is 10.6 Å². The molecule has 0 saturated heterocycles. The third kappa shape index (κ3) is 8.09. The van der Waals surface area contributed by atoms with E-state index in [0.717, 1.165) is 36.2 Å². The maximum Gasteiger partial charge on any atom is 0.191 e. The number of halogens is 2. The fourth-order valence-corrected chi connectivity index (χ4v) is 2.17.